The Morgan fingerprint density at radius 1 is 0.405 bits per heavy atom. The Kier molecular flexibility index (Phi) is 4.77. The van der Waals surface area contributed by atoms with Crippen LogP contribution in [0.4, 0.5) is 0 Å². The number of ether oxygens (including phenoxy) is 1. The van der Waals surface area contributed by atoms with Gasteiger partial charge in [0.15, 0.2) is 11.5 Å². The lowest BCUT2D eigenvalue weighted by atomic mass is 10.2. The first kappa shape index (κ1) is 23.6. The number of hydrogen-bond donors (Lipinski definition) is 0. The normalized spacial score (nSPS) is 13.9. The van der Waals surface area contributed by atoms with Gasteiger partial charge in [-0.25, -0.2) is 0 Å². The van der Waals surface area contributed by atoms with Crippen LogP contribution >= 0.6 is 0 Å². The molecule has 2 aromatic heterocycles. The molecule has 0 amide bonds. The average molecular weight is 557 g/mol. The van der Waals surface area contributed by atoms with Crippen LogP contribution in [-0.2, 0) is 0 Å². The van der Waals surface area contributed by atoms with Gasteiger partial charge < -0.3 is 13.9 Å². The molecule has 1 aliphatic rings. The van der Waals surface area contributed by atoms with Gasteiger partial charge >= 0.3 is 0 Å². The lowest BCUT2D eigenvalue weighted by Gasteiger charge is -2.35. The maximum absolute atomic E-state index is 7.21. The Labute approximate surface area is 244 Å². The third-order valence-corrected chi connectivity index (χ3v) is 12.7. The molecule has 8 aromatic rings. The van der Waals surface area contributed by atoms with Crippen molar-refractivity contribution in [2.75, 3.05) is 0 Å². The van der Waals surface area contributed by atoms with E-state index in [0.29, 0.717) is 0 Å². The van der Waals surface area contributed by atoms with Gasteiger partial charge in [-0.05, 0) is 46.8 Å². The molecule has 0 atom stereocenters. The summed E-state index contributed by atoms with van der Waals surface area (Å²) in [5, 5.41) is 7.67. The molecular weight excluding hydrogens is 529 g/mol. The SMILES string of the molecule is C[Si]1(C)c2cccc(-n3c4ccccc4c4ccccc43)c2Oc2c(-n3c4ccccc4c4ccccc43)cccc21. The fourth-order valence-electron chi connectivity index (χ4n) is 7.21. The summed E-state index contributed by atoms with van der Waals surface area (Å²) in [6.07, 6.45) is 0. The number of rotatable bonds is 2. The van der Waals surface area contributed by atoms with E-state index in [4.69, 9.17) is 4.74 Å². The molecule has 1 aliphatic heterocycles. The molecule has 0 saturated heterocycles. The first-order valence-corrected chi connectivity index (χ1v) is 17.5. The van der Waals surface area contributed by atoms with Gasteiger partial charge in [0.1, 0.15) is 8.07 Å². The van der Waals surface area contributed by atoms with E-state index < -0.39 is 8.07 Å². The van der Waals surface area contributed by atoms with Gasteiger partial charge in [-0.15, -0.1) is 0 Å². The predicted octanol–water partition coefficient (Wildman–Crippen LogP) is 8.81. The van der Waals surface area contributed by atoms with E-state index in [1.807, 2.05) is 0 Å². The van der Waals surface area contributed by atoms with Crippen molar-refractivity contribution < 1.29 is 4.74 Å². The molecule has 0 bridgehead atoms. The molecule has 6 aromatic carbocycles. The summed E-state index contributed by atoms with van der Waals surface area (Å²) in [5.74, 6) is 1.95. The lowest BCUT2D eigenvalue weighted by molar-refractivity contribution is 0.482. The van der Waals surface area contributed by atoms with Gasteiger partial charge in [0.2, 0.25) is 0 Å². The Balaban J connectivity index is 1.35. The molecule has 0 unspecified atom stereocenters. The predicted molar refractivity (Wildman–Crippen MR) is 178 cm³/mol. The van der Waals surface area contributed by atoms with E-state index in [1.165, 1.54) is 54.0 Å². The van der Waals surface area contributed by atoms with Crippen LogP contribution in [-0.4, -0.2) is 17.2 Å². The molecule has 42 heavy (non-hydrogen) atoms. The fourth-order valence-corrected chi connectivity index (χ4v) is 10.0. The zero-order valence-electron chi connectivity index (χ0n) is 23.5. The highest BCUT2D eigenvalue weighted by Gasteiger charge is 2.39. The number of hydrogen-bond acceptors (Lipinski definition) is 1. The van der Waals surface area contributed by atoms with Gasteiger partial charge in [0.25, 0.3) is 0 Å². The van der Waals surface area contributed by atoms with Crippen molar-refractivity contribution in [3.05, 3.63) is 133 Å². The molecule has 200 valence electrons. The second-order valence-corrected chi connectivity index (χ2v) is 16.1. The minimum absolute atomic E-state index is 0.974. The van der Waals surface area contributed by atoms with Crippen LogP contribution in [0.5, 0.6) is 11.5 Å². The first-order valence-electron chi connectivity index (χ1n) is 14.5. The maximum atomic E-state index is 7.21. The van der Waals surface area contributed by atoms with E-state index in [2.05, 4.69) is 156 Å². The lowest BCUT2D eigenvalue weighted by Crippen LogP contribution is -2.56. The standard InChI is InChI=1S/C38H28N2OSi/c1-42(2)35-23-11-21-33(39-29-17-7-3-13-25(29)26-14-4-8-18-30(26)39)37(35)41-38-34(22-12-24-36(38)42)40-31-19-9-5-15-27(31)28-16-6-10-20-32(28)40/h3-24H,1-2H3. The third kappa shape index (κ3) is 3.05. The number of nitrogens with zero attached hydrogens (tertiary/aromatic N) is 2. The van der Waals surface area contributed by atoms with Crippen molar-refractivity contribution in [3.63, 3.8) is 0 Å². The average Bonchev–Trinajstić information content (AvgIpc) is 3.54. The molecule has 0 spiro atoms. The summed E-state index contributed by atoms with van der Waals surface area (Å²) in [7, 11) is -2.14. The highest BCUT2D eigenvalue weighted by Crippen LogP contribution is 2.42. The summed E-state index contributed by atoms with van der Waals surface area (Å²) in [4.78, 5) is 0. The van der Waals surface area contributed by atoms with E-state index in [-0.39, 0.29) is 0 Å². The summed E-state index contributed by atoms with van der Waals surface area (Å²) >= 11 is 0. The molecule has 3 heterocycles. The molecular formula is C38H28N2OSi. The van der Waals surface area contributed by atoms with E-state index in [1.54, 1.807) is 0 Å². The van der Waals surface area contributed by atoms with Crippen LogP contribution in [0.25, 0.3) is 55.0 Å². The quantitative estimate of drug-likeness (QED) is 0.195. The largest absolute Gasteiger partial charge is 0.453 e. The number of para-hydroxylation sites is 6. The van der Waals surface area contributed by atoms with Crippen molar-refractivity contribution in [2.45, 2.75) is 13.1 Å². The van der Waals surface area contributed by atoms with E-state index in [9.17, 15) is 0 Å². The van der Waals surface area contributed by atoms with Crippen LogP contribution < -0.4 is 15.1 Å². The molecule has 0 fully saturated rings. The highest BCUT2D eigenvalue weighted by atomic mass is 28.3. The smallest absolute Gasteiger partial charge is 0.151 e. The van der Waals surface area contributed by atoms with Crippen molar-refractivity contribution >= 4 is 62.1 Å². The third-order valence-electron chi connectivity index (χ3n) is 9.18. The van der Waals surface area contributed by atoms with Gasteiger partial charge in [-0.1, -0.05) is 110 Å². The number of benzene rings is 6. The molecule has 0 radical (unpaired) electrons. The van der Waals surface area contributed by atoms with Crippen LogP contribution in [0.15, 0.2) is 133 Å². The summed E-state index contributed by atoms with van der Waals surface area (Å²) in [6.45, 7) is 4.91. The summed E-state index contributed by atoms with van der Waals surface area (Å²) in [5.41, 5.74) is 6.95. The Hall–Kier alpha value is -5.06. The molecule has 3 nitrogen and oxygen atoms in total. The Morgan fingerprint density at radius 2 is 0.738 bits per heavy atom. The molecule has 4 heteroatoms. The van der Waals surface area contributed by atoms with Crippen LogP contribution in [0.1, 0.15) is 0 Å². The first-order chi connectivity index (χ1) is 20.6. The summed E-state index contributed by atoms with van der Waals surface area (Å²) in [6, 6.07) is 48.2. The van der Waals surface area contributed by atoms with Gasteiger partial charge in [-0.3, -0.25) is 0 Å². The topological polar surface area (TPSA) is 19.1 Å². The second kappa shape index (κ2) is 8.48. The Morgan fingerprint density at radius 3 is 1.10 bits per heavy atom. The Bertz CT molecular complexity index is 2100. The second-order valence-electron chi connectivity index (χ2n) is 11.8. The van der Waals surface area contributed by atoms with Crippen LogP contribution in [0, 0.1) is 0 Å². The number of aromatic nitrogens is 2. The molecule has 0 saturated carbocycles. The van der Waals surface area contributed by atoms with Gasteiger partial charge in [-0.2, -0.15) is 0 Å². The highest BCUT2D eigenvalue weighted by molar-refractivity contribution is 7.01. The van der Waals surface area contributed by atoms with Crippen molar-refractivity contribution in [2.24, 2.45) is 0 Å². The fraction of sp³-hybridized carbons (Fsp3) is 0.0526. The van der Waals surface area contributed by atoms with E-state index >= 15 is 0 Å². The minimum Gasteiger partial charge on any atom is -0.453 e. The van der Waals surface area contributed by atoms with E-state index in [0.717, 1.165) is 22.9 Å². The van der Waals surface area contributed by atoms with Crippen LogP contribution in [0.2, 0.25) is 13.1 Å². The molecule has 0 N–H and O–H groups in total. The number of fused-ring (bicyclic) bond motifs is 8. The summed E-state index contributed by atoms with van der Waals surface area (Å²) < 4.78 is 12.0. The van der Waals surface area contributed by atoms with Gasteiger partial charge in [0, 0.05) is 21.5 Å². The van der Waals surface area contributed by atoms with Crippen molar-refractivity contribution in [3.8, 4) is 22.9 Å². The molecule has 0 aliphatic carbocycles. The monoisotopic (exact) mass is 556 g/mol. The zero-order valence-corrected chi connectivity index (χ0v) is 24.5. The maximum Gasteiger partial charge on any atom is 0.151 e. The minimum atomic E-state index is -2.14. The van der Waals surface area contributed by atoms with Gasteiger partial charge in [0.05, 0.1) is 33.4 Å². The molecule has 9 rings (SSSR count). The van der Waals surface area contributed by atoms with Crippen molar-refractivity contribution in [1.82, 2.24) is 9.13 Å². The zero-order chi connectivity index (χ0) is 28.0. The van der Waals surface area contributed by atoms with Crippen molar-refractivity contribution in [1.29, 1.82) is 0 Å². The van der Waals surface area contributed by atoms with Crippen LogP contribution in [0.3, 0.4) is 0 Å².